The maximum atomic E-state index is 12.7. The summed E-state index contributed by atoms with van der Waals surface area (Å²) in [5.41, 5.74) is 4.24. The average Bonchev–Trinajstić information content (AvgIpc) is 2.99. The molecule has 0 fully saturated rings. The molecule has 30 heavy (non-hydrogen) atoms. The number of nitrogens with one attached hydrogen (secondary N) is 1. The van der Waals surface area contributed by atoms with E-state index in [0.29, 0.717) is 6.54 Å². The number of hydrogen-bond donors (Lipinski definition) is 1. The standard InChI is InChI=1S/C24H32N4O2/c1-7-11-28-17(2)12-20(18(28)3)13-21(15-25)24(29)26-16-23(27(4)5)19-9-8-10-22(14-19)30-6/h8-10,12-14,23H,7,11,16H2,1-6H3,(H,26,29)/b21-13+. The maximum absolute atomic E-state index is 12.7. The number of aromatic nitrogens is 1. The molecule has 0 saturated heterocycles. The molecule has 0 aliphatic heterocycles. The van der Waals surface area contributed by atoms with Gasteiger partial charge in [0, 0.05) is 24.5 Å². The Morgan fingerprint density at radius 2 is 2.07 bits per heavy atom. The average molecular weight is 409 g/mol. The van der Waals surface area contributed by atoms with Crippen LogP contribution in [0.5, 0.6) is 5.75 Å². The van der Waals surface area contributed by atoms with Gasteiger partial charge in [0.15, 0.2) is 0 Å². The smallest absolute Gasteiger partial charge is 0.262 e. The molecule has 1 amide bonds. The zero-order chi connectivity index (χ0) is 22.3. The van der Waals surface area contributed by atoms with Gasteiger partial charge >= 0.3 is 0 Å². The van der Waals surface area contributed by atoms with E-state index in [4.69, 9.17) is 4.74 Å². The first kappa shape index (κ1) is 23.2. The van der Waals surface area contributed by atoms with Gasteiger partial charge in [0.05, 0.1) is 13.2 Å². The summed E-state index contributed by atoms with van der Waals surface area (Å²) >= 11 is 0. The Hall–Kier alpha value is -3.04. The van der Waals surface area contributed by atoms with Crippen molar-refractivity contribution >= 4 is 12.0 Å². The number of ether oxygens (including phenoxy) is 1. The zero-order valence-corrected chi connectivity index (χ0v) is 18.8. The van der Waals surface area contributed by atoms with E-state index in [9.17, 15) is 10.1 Å². The molecule has 0 radical (unpaired) electrons. The SMILES string of the molecule is CCCn1c(C)cc(/C=C(\C#N)C(=O)NCC(c2cccc(OC)c2)N(C)C)c1C. The van der Waals surface area contributed by atoms with Gasteiger partial charge in [-0.05, 0) is 69.8 Å². The van der Waals surface area contributed by atoms with E-state index in [2.05, 4.69) is 22.9 Å². The molecule has 2 aromatic rings. The van der Waals surface area contributed by atoms with Crippen molar-refractivity contribution in [2.24, 2.45) is 0 Å². The molecule has 2 rings (SSSR count). The number of methoxy groups -OCH3 is 1. The Kier molecular flexibility index (Phi) is 8.25. The largest absolute Gasteiger partial charge is 0.497 e. The molecule has 6 heteroatoms. The Balaban J connectivity index is 2.19. The molecule has 1 atom stereocenters. The Morgan fingerprint density at radius 1 is 1.33 bits per heavy atom. The van der Waals surface area contributed by atoms with E-state index in [1.165, 1.54) is 0 Å². The maximum Gasteiger partial charge on any atom is 0.262 e. The molecule has 0 spiro atoms. The van der Waals surface area contributed by atoms with Crippen LogP contribution in [0.15, 0.2) is 35.9 Å². The first-order valence-electron chi connectivity index (χ1n) is 10.2. The second-order valence-corrected chi connectivity index (χ2v) is 7.61. The van der Waals surface area contributed by atoms with Crippen LogP contribution >= 0.6 is 0 Å². The summed E-state index contributed by atoms with van der Waals surface area (Å²) in [6.07, 6.45) is 2.71. The molecular formula is C24H32N4O2. The highest BCUT2D eigenvalue weighted by Gasteiger charge is 2.18. The lowest BCUT2D eigenvalue weighted by Crippen LogP contribution is -2.35. The van der Waals surface area contributed by atoms with Gasteiger partial charge in [0.25, 0.3) is 5.91 Å². The van der Waals surface area contributed by atoms with Crippen LogP contribution in [0, 0.1) is 25.2 Å². The fraction of sp³-hybridized carbons (Fsp3) is 0.417. The number of nitriles is 1. The highest BCUT2D eigenvalue weighted by molar-refractivity contribution is 6.01. The molecule has 0 aliphatic rings. The molecule has 1 unspecified atom stereocenters. The summed E-state index contributed by atoms with van der Waals surface area (Å²) in [7, 11) is 5.55. The van der Waals surface area contributed by atoms with Crippen molar-refractivity contribution in [3.8, 4) is 11.8 Å². The van der Waals surface area contributed by atoms with E-state index >= 15 is 0 Å². The molecule has 0 aliphatic carbocycles. The third kappa shape index (κ3) is 5.52. The summed E-state index contributed by atoms with van der Waals surface area (Å²) in [5, 5.41) is 12.5. The van der Waals surface area contributed by atoms with E-state index in [1.54, 1.807) is 13.2 Å². The summed E-state index contributed by atoms with van der Waals surface area (Å²) in [4.78, 5) is 14.8. The number of benzene rings is 1. The van der Waals surface area contributed by atoms with Crippen molar-refractivity contribution in [3.05, 3.63) is 58.4 Å². The molecule has 1 aromatic heterocycles. The highest BCUT2D eigenvalue weighted by Crippen LogP contribution is 2.22. The first-order chi connectivity index (χ1) is 14.3. The normalized spacial score (nSPS) is 12.5. The monoisotopic (exact) mass is 408 g/mol. The van der Waals surface area contributed by atoms with Crippen LogP contribution in [0.3, 0.4) is 0 Å². The van der Waals surface area contributed by atoms with Gasteiger partial charge in [-0.1, -0.05) is 19.1 Å². The number of amides is 1. The van der Waals surface area contributed by atoms with Gasteiger partial charge in [-0.15, -0.1) is 0 Å². The van der Waals surface area contributed by atoms with E-state index in [1.807, 2.05) is 63.2 Å². The Bertz CT molecular complexity index is 951. The third-order valence-electron chi connectivity index (χ3n) is 5.28. The van der Waals surface area contributed by atoms with Gasteiger partial charge in [0.2, 0.25) is 0 Å². The summed E-state index contributed by atoms with van der Waals surface area (Å²) < 4.78 is 7.52. The minimum absolute atomic E-state index is 0.0430. The van der Waals surface area contributed by atoms with E-state index in [0.717, 1.165) is 41.2 Å². The van der Waals surface area contributed by atoms with Crippen LogP contribution in [-0.2, 0) is 11.3 Å². The summed E-state index contributed by atoms with van der Waals surface area (Å²) in [6.45, 7) is 7.50. The number of carbonyl (C=O) groups excluding carboxylic acids is 1. The predicted octanol–water partition coefficient (Wildman–Crippen LogP) is 3.85. The molecule has 6 nitrogen and oxygen atoms in total. The number of carbonyl (C=O) groups is 1. The molecule has 1 N–H and O–H groups in total. The molecule has 160 valence electrons. The van der Waals surface area contributed by atoms with Crippen LogP contribution in [0.2, 0.25) is 0 Å². The van der Waals surface area contributed by atoms with E-state index in [-0.39, 0.29) is 17.5 Å². The fourth-order valence-electron chi connectivity index (χ4n) is 3.58. The number of nitrogens with zero attached hydrogens (tertiary/aromatic N) is 3. The highest BCUT2D eigenvalue weighted by atomic mass is 16.5. The molecule has 1 heterocycles. The van der Waals surface area contributed by atoms with Gasteiger partial charge in [0.1, 0.15) is 17.4 Å². The van der Waals surface area contributed by atoms with Gasteiger partial charge < -0.3 is 19.5 Å². The first-order valence-corrected chi connectivity index (χ1v) is 10.2. The number of rotatable bonds is 9. The Labute approximate surface area is 179 Å². The molecule has 1 aromatic carbocycles. The van der Waals surface area contributed by atoms with Crippen LogP contribution in [0.4, 0.5) is 0 Å². The lowest BCUT2D eigenvalue weighted by Gasteiger charge is -2.25. The molecule has 0 bridgehead atoms. The topological polar surface area (TPSA) is 70.3 Å². The number of aryl methyl sites for hydroxylation is 1. The number of likely N-dealkylation sites (N-methyl/N-ethyl adjacent to an activating group) is 1. The quantitative estimate of drug-likeness (QED) is 0.505. The summed E-state index contributed by atoms with van der Waals surface area (Å²) in [5.74, 6) is 0.401. The van der Waals surface area contributed by atoms with Gasteiger partial charge in [-0.2, -0.15) is 5.26 Å². The van der Waals surface area contributed by atoms with Gasteiger partial charge in [-0.25, -0.2) is 0 Å². The van der Waals surface area contributed by atoms with Crippen LogP contribution in [-0.4, -0.2) is 43.1 Å². The van der Waals surface area contributed by atoms with Gasteiger partial charge in [-0.3, -0.25) is 4.79 Å². The van der Waals surface area contributed by atoms with Crippen LogP contribution in [0.1, 0.15) is 41.9 Å². The minimum Gasteiger partial charge on any atom is -0.497 e. The lowest BCUT2D eigenvalue weighted by molar-refractivity contribution is -0.117. The van der Waals surface area contributed by atoms with Crippen molar-refractivity contribution < 1.29 is 9.53 Å². The lowest BCUT2D eigenvalue weighted by atomic mass is 10.1. The predicted molar refractivity (Wildman–Crippen MR) is 120 cm³/mol. The molecule has 0 saturated carbocycles. The van der Waals surface area contributed by atoms with Crippen molar-refractivity contribution in [1.29, 1.82) is 5.26 Å². The molecular weight excluding hydrogens is 376 g/mol. The number of hydrogen-bond acceptors (Lipinski definition) is 4. The van der Waals surface area contributed by atoms with Crippen LogP contribution in [0.25, 0.3) is 6.08 Å². The van der Waals surface area contributed by atoms with E-state index < -0.39 is 0 Å². The zero-order valence-electron chi connectivity index (χ0n) is 18.8. The van der Waals surface area contributed by atoms with Crippen molar-refractivity contribution in [3.63, 3.8) is 0 Å². The third-order valence-corrected chi connectivity index (χ3v) is 5.28. The van der Waals surface area contributed by atoms with Crippen molar-refractivity contribution in [2.45, 2.75) is 39.8 Å². The van der Waals surface area contributed by atoms with Crippen LogP contribution < -0.4 is 10.1 Å². The van der Waals surface area contributed by atoms with Crippen molar-refractivity contribution in [1.82, 2.24) is 14.8 Å². The second-order valence-electron chi connectivity index (χ2n) is 7.61. The Morgan fingerprint density at radius 3 is 2.67 bits per heavy atom. The summed E-state index contributed by atoms with van der Waals surface area (Å²) in [6, 6.07) is 11.8. The fourth-order valence-corrected chi connectivity index (χ4v) is 3.58. The minimum atomic E-state index is -0.368. The van der Waals surface area contributed by atoms with Crippen molar-refractivity contribution in [2.75, 3.05) is 27.7 Å². The second kappa shape index (κ2) is 10.7.